The van der Waals surface area contributed by atoms with E-state index in [9.17, 15) is 4.79 Å². The minimum atomic E-state index is 0.332. The highest BCUT2D eigenvalue weighted by Crippen LogP contribution is 2.27. The molecule has 14 heavy (non-hydrogen) atoms. The van der Waals surface area contributed by atoms with Crippen LogP contribution in [0, 0.1) is 11.8 Å². The average Bonchev–Trinajstić information content (AvgIpc) is 2.20. The van der Waals surface area contributed by atoms with Gasteiger partial charge in [-0.25, -0.2) is 0 Å². The molecule has 1 aliphatic carbocycles. The molecule has 0 N–H and O–H groups in total. The maximum Gasteiger partial charge on any atom is 0.135 e. The van der Waals surface area contributed by atoms with Crippen LogP contribution in [0.3, 0.4) is 0 Å². The van der Waals surface area contributed by atoms with Crippen molar-refractivity contribution in [2.24, 2.45) is 11.8 Å². The Morgan fingerprint density at radius 2 is 2.43 bits per heavy atom. The van der Waals surface area contributed by atoms with Gasteiger partial charge in [-0.1, -0.05) is 12.5 Å². The van der Waals surface area contributed by atoms with Crippen LogP contribution in [0.5, 0.6) is 0 Å². The SMILES string of the molecule is C=CC(CSC)CC1CCCCC1=O. The van der Waals surface area contributed by atoms with Crippen LogP contribution in [-0.2, 0) is 4.79 Å². The highest BCUT2D eigenvalue weighted by molar-refractivity contribution is 7.98. The van der Waals surface area contributed by atoms with Gasteiger partial charge in [0.2, 0.25) is 0 Å². The zero-order valence-electron chi connectivity index (χ0n) is 9.00. The van der Waals surface area contributed by atoms with Crippen molar-refractivity contribution in [1.29, 1.82) is 0 Å². The molecular weight excluding hydrogens is 192 g/mol. The minimum Gasteiger partial charge on any atom is -0.299 e. The molecular formula is C12H20OS. The molecule has 1 aliphatic rings. The monoisotopic (exact) mass is 212 g/mol. The van der Waals surface area contributed by atoms with Gasteiger partial charge in [0.15, 0.2) is 0 Å². The van der Waals surface area contributed by atoms with E-state index in [1.807, 2.05) is 17.8 Å². The molecule has 2 atom stereocenters. The first-order valence-corrected chi connectivity index (χ1v) is 6.81. The molecule has 2 unspecified atom stereocenters. The second-order valence-electron chi connectivity index (χ2n) is 4.10. The first-order valence-electron chi connectivity index (χ1n) is 5.42. The van der Waals surface area contributed by atoms with Gasteiger partial charge in [-0.3, -0.25) is 4.79 Å². The standard InChI is InChI=1S/C12H20OS/c1-3-10(9-14-2)8-11-6-4-5-7-12(11)13/h3,10-11H,1,4-9H2,2H3. The summed E-state index contributed by atoms with van der Waals surface area (Å²) in [5, 5.41) is 0. The number of ketones is 1. The number of rotatable bonds is 5. The molecule has 0 aromatic rings. The predicted octanol–water partition coefficient (Wildman–Crippen LogP) is 3.30. The lowest BCUT2D eigenvalue weighted by Gasteiger charge is -2.23. The average molecular weight is 212 g/mol. The maximum atomic E-state index is 11.6. The van der Waals surface area contributed by atoms with Gasteiger partial charge >= 0.3 is 0 Å². The zero-order chi connectivity index (χ0) is 10.4. The Kier molecular flexibility index (Phi) is 5.31. The molecule has 1 saturated carbocycles. The van der Waals surface area contributed by atoms with Gasteiger partial charge in [0.1, 0.15) is 5.78 Å². The molecule has 0 spiro atoms. The van der Waals surface area contributed by atoms with Crippen LogP contribution in [0.4, 0.5) is 0 Å². The second kappa shape index (κ2) is 6.28. The van der Waals surface area contributed by atoms with E-state index < -0.39 is 0 Å². The Balaban J connectivity index is 2.39. The molecule has 0 aliphatic heterocycles. The fourth-order valence-corrected chi connectivity index (χ4v) is 2.82. The summed E-state index contributed by atoms with van der Waals surface area (Å²) in [7, 11) is 0. The lowest BCUT2D eigenvalue weighted by atomic mass is 9.82. The molecule has 1 fully saturated rings. The van der Waals surface area contributed by atoms with E-state index >= 15 is 0 Å². The van der Waals surface area contributed by atoms with E-state index in [0.717, 1.165) is 31.4 Å². The molecule has 0 aromatic heterocycles. The van der Waals surface area contributed by atoms with Gasteiger partial charge in [-0.15, -0.1) is 6.58 Å². The number of Topliss-reactive ketones (excluding diaryl/α,β-unsaturated/α-hetero) is 1. The lowest BCUT2D eigenvalue weighted by molar-refractivity contribution is -0.124. The Morgan fingerprint density at radius 1 is 1.64 bits per heavy atom. The van der Waals surface area contributed by atoms with Gasteiger partial charge in [-0.2, -0.15) is 11.8 Å². The molecule has 1 nitrogen and oxygen atoms in total. The molecule has 0 aromatic carbocycles. The van der Waals surface area contributed by atoms with Crippen LogP contribution in [0.2, 0.25) is 0 Å². The molecule has 0 bridgehead atoms. The largest absolute Gasteiger partial charge is 0.299 e. The Morgan fingerprint density at radius 3 is 3.00 bits per heavy atom. The summed E-state index contributed by atoms with van der Waals surface area (Å²) in [5.41, 5.74) is 0. The van der Waals surface area contributed by atoms with Crippen molar-refractivity contribution >= 4 is 17.5 Å². The molecule has 0 heterocycles. The van der Waals surface area contributed by atoms with Gasteiger partial charge in [0, 0.05) is 12.3 Å². The number of hydrogen-bond donors (Lipinski definition) is 0. The molecule has 80 valence electrons. The summed E-state index contributed by atoms with van der Waals surface area (Å²) in [4.78, 5) is 11.6. The summed E-state index contributed by atoms with van der Waals surface area (Å²) < 4.78 is 0. The third-order valence-corrected chi connectivity index (χ3v) is 3.74. The third-order valence-electron chi connectivity index (χ3n) is 2.98. The quantitative estimate of drug-likeness (QED) is 0.650. The number of thioether (sulfide) groups is 1. The summed E-state index contributed by atoms with van der Waals surface area (Å²) in [6, 6.07) is 0. The number of allylic oxidation sites excluding steroid dienone is 1. The number of hydrogen-bond acceptors (Lipinski definition) is 2. The Labute approximate surface area is 91.3 Å². The van der Waals surface area contributed by atoms with Crippen molar-refractivity contribution in [2.75, 3.05) is 12.0 Å². The summed E-state index contributed by atoms with van der Waals surface area (Å²) in [6.45, 7) is 3.85. The number of carbonyl (C=O) groups is 1. The molecule has 0 saturated heterocycles. The van der Waals surface area contributed by atoms with E-state index in [1.165, 1.54) is 6.42 Å². The van der Waals surface area contributed by atoms with Crippen LogP contribution in [0.25, 0.3) is 0 Å². The summed E-state index contributed by atoms with van der Waals surface area (Å²) in [5.74, 6) is 2.45. The van der Waals surface area contributed by atoms with E-state index in [-0.39, 0.29) is 0 Å². The third kappa shape index (κ3) is 3.49. The first-order chi connectivity index (χ1) is 6.77. The van der Waals surface area contributed by atoms with Crippen LogP contribution in [0.1, 0.15) is 32.1 Å². The fraction of sp³-hybridized carbons (Fsp3) is 0.750. The topological polar surface area (TPSA) is 17.1 Å². The van der Waals surface area contributed by atoms with Gasteiger partial charge in [0.25, 0.3) is 0 Å². The smallest absolute Gasteiger partial charge is 0.135 e. The zero-order valence-corrected chi connectivity index (χ0v) is 9.81. The highest BCUT2D eigenvalue weighted by atomic mass is 32.2. The van der Waals surface area contributed by atoms with Crippen molar-refractivity contribution in [3.63, 3.8) is 0 Å². The second-order valence-corrected chi connectivity index (χ2v) is 5.01. The molecule has 0 radical (unpaired) electrons. The van der Waals surface area contributed by atoms with E-state index in [4.69, 9.17) is 0 Å². The van der Waals surface area contributed by atoms with Crippen LogP contribution >= 0.6 is 11.8 Å². The Hall–Kier alpha value is -0.240. The molecule has 2 heteroatoms. The van der Waals surface area contributed by atoms with Crippen molar-refractivity contribution in [1.82, 2.24) is 0 Å². The summed E-state index contributed by atoms with van der Waals surface area (Å²) in [6.07, 6.45) is 9.42. The minimum absolute atomic E-state index is 0.332. The lowest BCUT2D eigenvalue weighted by Crippen LogP contribution is -2.22. The van der Waals surface area contributed by atoms with E-state index in [1.54, 1.807) is 0 Å². The van der Waals surface area contributed by atoms with E-state index in [0.29, 0.717) is 17.6 Å². The maximum absolute atomic E-state index is 11.6. The van der Waals surface area contributed by atoms with Gasteiger partial charge in [-0.05, 0) is 37.2 Å². The summed E-state index contributed by atoms with van der Waals surface area (Å²) >= 11 is 1.84. The van der Waals surface area contributed by atoms with Crippen LogP contribution in [-0.4, -0.2) is 17.8 Å². The predicted molar refractivity (Wildman–Crippen MR) is 63.7 cm³/mol. The molecule has 0 amide bonds. The van der Waals surface area contributed by atoms with Crippen molar-refractivity contribution in [2.45, 2.75) is 32.1 Å². The van der Waals surface area contributed by atoms with Crippen molar-refractivity contribution in [3.05, 3.63) is 12.7 Å². The van der Waals surface area contributed by atoms with E-state index in [2.05, 4.69) is 12.8 Å². The molecule has 1 rings (SSSR count). The fourth-order valence-electron chi connectivity index (χ4n) is 2.12. The first kappa shape index (κ1) is 11.8. The Bertz CT molecular complexity index is 200. The normalized spacial score (nSPS) is 24.6. The number of carbonyl (C=O) groups excluding carboxylic acids is 1. The van der Waals surface area contributed by atoms with Crippen LogP contribution < -0.4 is 0 Å². The van der Waals surface area contributed by atoms with Crippen molar-refractivity contribution in [3.8, 4) is 0 Å². The van der Waals surface area contributed by atoms with Gasteiger partial charge in [0.05, 0.1) is 0 Å². The van der Waals surface area contributed by atoms with Gasteiger partial charge < -0.3 is 0 Å². The highest BCUT2D eigenvalue weighted by Gasteiger charge is 2.24. The van der Waals surface area contributed by atoms with Crippen molar-refractivity contribution < 1.29 is 4.79 Å². The van der Waals surface area contributed by atoms with Crippen LogP contribution in [0.15, 0.2) is 12.7 Å².